The molecule has 0 bridgehead atoms. The molecule has 2 heterocycles. The minimum Gasteiger partial charge on any atom is -0.493 e. The number of aromatic amines is 1. The van der Waals surface area contributed by atoms with E-state index in [2.05, 4.69) is 17.1 Å². The number of hydrogen-bond acceptors (Lipinski definition) is 2. The Morgan fingerprint density at radius 1 is 1.29 bits per heavy atom. The second-order valence-electron chi connectivity index (χ2n) is 4.17. The van der Waals surface area contributed by atoms with Gasteiger partial charge in [-0.25, -0.2) is 0 Å². The smallest absolute Gasteiger partial charge is 0.122 e. The molecule has 0 saturated carbocycles. The summed E-state index contributed by atoms with van der Waals surface area (Å²) in [5.74, 6) is 0.756. The Kier molecular flexibility index (Phi) is 2.34. The second-order valence-corrected chi connectivity index (χ2v) is 4.17. The summed E-state index contributed by atoms with van der Waals surface area (Å²) in [5.41, 5.74) is 3.25. The lowest BCUT2D eigenvalue weighted by atomic mass is 9.93. The number of benzene rings is 1. The summed E-state index contributed by atoms with van der Waals surface area (Å²) >= 11 is 0. The summed E-state index contributed by atoms with van der Waals surface area (Å²) in [7, 11) is 0. The van der Waals surface area contributed by atoms with E-state index >= 15 is 0 Å². The summed E-state index contributed by atoms with van der Waals surface area (Å²) < 4.78 is 5.47. The molecule has 17 heavy (non-hydrogen) atoms. The van der Waals surface area contributed by atoms with Gasteiger partial charge >= 0.3 is 0 Å². The van der Waals surface area contributed by atoms with Crippen molar-refractivity contribution in [2.45, 2.75) is 12.3 Å². The summed E-state index contributed by atoms with van der Waals surface area (Å²) in [6.45, 7) is 0.750. The fraction of sp³-hybridized carbons (Fsp3) is 0.214. The van der Waals surface area contributed by atoms with E-state index in [4.69, 9.17) is 4.74 Å². The Morgan fingerprint density at radius 2 is 2.24 bits per heavy atom. The normalized spacial score (nSPS) is 14.8. The Hall–Kier alpha value is -2.21. The van der Waals surface area contributed by atoms with Gasteiger partial charge in [0, 0.05) is 18.8 Å². The van der Waals surface area contributed by atoms with Crippen LogP contribution in [0, 0.1) is 11.3 Å². The van der Waals surface area contributed by atoms with Crippen LogP contribution in [0.25, 0.3) is 0 Å². The van der Waals surface area contributed by atoms with Crippen molar-refractivity contribution in [3.8, 4) is 11.8 Å². The lowest BCUT2D eigenvalue weighted by Crippen LogP contribution is -1.97. The zero-order valence-electron chi connectivity index (χ0n) is 9.31. The van der Waals surface area contributed by atoms with E-state index in [1.807, 2.05) is 30.6 Å². The van der Waals surface area contributed by atoms with E-state index in [1.54, 1.807) is 0 Å². The minimum absolute atomic E-state index is 0.202. The number of H-pyrrole nitrogens is 1. The molecule has 0 fully saturated rings. The Balaban J connectivity index is 2.01. The molecule has 3 rings (SSSR count). The molecule has 1 aliphatic heterocycles. The van der Waals surface area contributed by atoms with Gasteiger partial charge in [-0.1, -0.05) is 12.1 Å². The van der Waals surface area contributed by atoms with Crippen LogP contribution in [-0.4, -0.2) is 11.6 Å². The van der Waals surface area contributed by atoms with E-state index in [0.717, 1.165) is 29.9 Å². The van der Waals surface area contributed by atoms with Gasteiger partial charge in [0.25, 0.3) is 0 Å². The van der Waals surface area contributed by atoms with Gasteiger partial charge in [0.15, 0.2) is 0 Å². The number of fused-ring (bicyclic) bond motifs is 1. The van der Waals surface area contributed by atoms with Crippen LogP contribution in [0.1, 0.15) is 22.6 Å². The average Bonchev–Trinajstić information content (AvgIpc) is 2.99. The van der Waals surface area contributed by atoms with Crippen LogP contribution in [0.5, 0.6) is 5.75 Å². The third kappa shape index (κ3) is 1.68. The zero-order chi connectivity index (χ0) is 11.7. The third-order valence-corrected chi connectivity index (χ3v) is 3.13. The molecule has 0 spiro atoms. The first kappa shape index (κ1) is 9.98. The van der Waals surface area contributed by atoms with Crippen molar-refractivity contribution in [1.82, 2.24) is 4.98 Å². The van der Waals surface area contributed by atoms with E-state index in [1.165, 1.54) is 5.56 Å². The number of nitriles is 1. The molecule has 1 atom stereocenters. The van der Waals surface area contributed by atoms with Crippen molar-refractivity contribution in [2.75, 3.05) is 6.61 Å². The maximum Gasteiger partial charge on any atom is 0.122 e. The van der Waals surface area contributed by atoms with Gasteiger partial charge in [0.05, 0.1) is 18.6 Å². The summed E-state index contributed by atoms with van der Waals surface area (Å²) in [6, 6.07) is 10.3. The number of aromatic nitrogens is 1. The topological polar surface area (TPSA) is 48.8 Å². The van der Waals surface area contributed by atoms with Crippen LogP contribution in [0.15, 0.2) is 36.7 Å². The highest BCUT2D eigenvalue weighted by molar-refractivity contribution is 5.45. The molecule has 0 amide bonds. The van der Waals surface area contributed by atoms with Crippen LogP contribution in [0.4, 0.5) is 0 Å². The maximum absolute atomic E-state index is 9.30. The number of nitrogens with one attached hydrogen (secondary N) is 1. The van der Waals surface area contributed by atoms with Crippen LogP contribution in [-0.2, 0) is 6.42 Å². The predicted molar refractivity (Wildman–Crippen MR) is 63.9 cm³/mol. The monoisotopic (exact) mass is 224 g/mol. The highest BCUT2D eigenvalue weighted by Gasteiger charge is 2.18. The molecule has 1 aromatic heterocycles. The molecule has 3 heteroatoms. The Morgan fingerprint density at radius 3 is 3.00 bits per heavy atom. The van der Waals surface area contributed by atoms with E-state index in [-0.39, 0.29) is 5.92 Å². The molecule has 1 N–H and O–H groups in total. The Bertz CT molecular complexity index is 566. The molecule has 0 aliphatic carbocycles. The maximum atomic E-state index is 9.30. The first-order chi connectivity index (χ1) is 8.38. The van der Waals surface area contributed by atoms with Crippen molar-refractivity contribution < 1.29 is 4.74 Å². The molecule has 1 aliphatic rings. The number of ether oxygens (including phenoxy) is 1. The largest absolute Gasteiger partial charge is 0.493 e. The molecular weight excluding hydrogens is 212 g/mol. The SMILES string of the molecule is N#CC(c1cc[nH]c1)c1ccc2c(c1)CCO2. The van der Waals surface area contributed by atoms with Gasteiger partial charge in [-0.3, -0.25) is 0 Å². The lowest BCUT2D eigenvalue weighted by Gasteiger charge is -2.09. The van der Waals surface area contributed by atoms with Crippen molar-refractivity contribution in [2.24, 2.45) is 0 Å². The predicted octanol–water partition coefficient (Wildman–Crippen LogP) is 2.61. The Labute approximate surface area is 99.7 Å². The lowest BCUT2D eigenvalue weighted by molar-refractivity contribution is 0.357. The van der Waals surface area contributed by atoms with Gasteiger partial charge in [0.2, 0.25) is 0 Å². The minimum atomic E-state index is -0.202. The fourth-order valence-corrected chi connectivity index (χ4v) is 2.24. The quantitative estimate of drug-likeness (QED) is 0.852. The van der Waals surface area contributed by atoms with Crippen LogP contribution >= 0.6 is 0 Å². The molecule has 3 nitrogen and oxygen atoms in total. The van der Waals surface area contributed by atoms with Crippen molar-refractivity contribution in [3.63, 3.8) is 0 Å². The van der Waals surface area contributed by atoms with Crippen molar-refractivity contribution in [3.05, 3.63) is 53.3 Å². The van der Waals surface area contributed by atoms with Gasteiger partial charge in [-0.05, 0) is 28.8 Å². The molecule has 1 unspecified atom stereocenters. The zero-order valence-corrected chi connectivity index (χ0v) is 9.31. The van der Waals surface area contributed by atoms with Gasteiger partial charge in [-0.2, -0.15) is 5.26 Å². The van der Waals surface area contributed by atoms with Crippen LogP contribution in [0.3, 0.4) is 0 Å². The summed E-state index contributed by atoms with van der Waals surface area (Å²) in [6.07, 6.45) is 4.65. The van der Waals surface area contributed by atoms with Gasteiger partial charge < -0.3 is 9.72 Å². The summed E-state index contributed by atoms with van der Waals surface area (Å²) in [5, 5.41) is 9.30. The van der Waals surface area contributed by atoms with Crippen molar-refractivity contribution in [1.29, 1.82) is 5.26 Å². The van der Waals surface area contributed by atoms with Crippen molar-refractivity contribution >= 4 is 0 Å². The fourth-order valence-electron chi connectivity index (χ4n) is 2.24. The molecule has 1 aromatic carbocycles. The van der Waals surface area contributed by atoms with E-state index in [0.29, 0.717) is 0 Å². The molecule has 0 saturated heterocycles. The summed E-state index contributed by atoms with van der Waals surface area (Å²) in [4.78, 5) is 2.99. The van der Waals surface area contributed by atoms with E-state index < -0.39 is 0 Å². The first-order valence-corrected chi connectivity index (χ1v) is 5.66. The van der Waals surface area contributed by atoms with Gasteiger partial charge in [-0.15, -0.1) is 0 Å². The van der Waals surface area contributed by atoms with E-state index in [9.17, 15) is 5.26 Å². The molecule has 0 radical (unpaired) electrons. The highest BCUT2D eigenvalue weighted by atomic mass is 16.5. The average molecular weight is 224 g/mol. The first-order valence-electron chi connectivity index (χ1n) is 5.66. The highest BCUT2D eigenvalue weighted by Crippen LogP contribution is 2.31. The standard InChI is InChI=1S/C14H12N2O/c15-8-13(12-3-5-16-9-12)10-1-2-14-11(7-10)4-6-17-14/h1-3,5,7,9,13,16H,4,6H2. The van der Waals surface area contributed by atoms with Crippen LogP contribution < -0.4 is 4.74 Å². The number of nitrogens with zero attached hydrogens (tertiary/aromatic N) is 1. The second kappa shape index (κ2) is 3.99. The number of hydrogen-bond donors (Lipinski definition) is 1. The van der Waals surface area contributed by atoms with Gasteiger partial charge in [0.1, 0.15) is 5.75 Å². The van der Waals surface area contributed by atoms with Crippen LogP contribution in [0.2, 0.25) is 0 Å². The number of rotatable bonds is 2. The molecule has 2 aromatic rings. The molecule has 84 valence electrons. The third-order valence-electron chi connectivity index (χ3n) is 3.13. The molecular formula is C14H12N2O.